The van der Waals surface area contributed by atoms with Crippen LogP contribution in [0.3, 0.4) is 0 Å². The van der Waals surface area contributed by atoms with Gasteiger partial charge in [0.2, 0.25) is 0 Å². The van der Waals surface area contributed by atoms with Crippen LogP contribution < -0.4 is 10.6 Å². The van der Waals surface area contributed by atoms with Gasteiger partial charge in [-0.25, -0.2) is 4.79 Å². The molecule has 0 aliphatic rings. The molecule has 2 aromatic rings. The number of halogens is 1. The molecule has 0 atom stereocenters. The fraction of sp³-hybridized carbons (Fsp3) is 0.188. The average Bonchev–Trinajstić information content (AvgIpc) is 2.41. The molecule has 0 spiro atoms. The zero-order valence-electron chi connectivity index (χ0n) is 11.3. The molecule has 0 bridgehead atoms. The predicted octanol–water partition coefficient (Wildman–Crippen LogP) is 3.96. The van der Waals surface area contributed by atoms with Gasteiger partial charge in [-0.3, -0.25) is 0 Å². The molecule has 2 rings (SSSR count). The smallest absolute Gasteiger partial charge is 0.319 e. The van der Waals surface area contributed by atoms with Crippen molar-refractivity contribution in [1.29, 1.82) is 0 Å². The number of para-hydroxylation sites is 1. The molecule has 0 aliphatic carbocycles. The highest BCUT2D eigenvalue weighted by Crippen LogP contribution is 2.16. The topological polar surface area (TPSA) is 41.1 Å². The SMILES string of the molecule is Cc1cccc(CCNC(=O)Nc2ccccc2I)c1. The fourth-order valence-electron chi connectivity index (χ4n) is 1.92. The van der Waals surface area contributed by atoms with Gasteiger partial charge in [0, 0.05) is 10.1 Å². The van der Waals surface area contributed by atoms with E-state index in [0.717, 1.165) is 15.7 Å². The summed E-state index contributed by atoms with van der Waals surface area (Å²) in [6.07, 6.45) is 0.834. The van der Waals surface area contributed by atoms with Crippen LogP contribution in [-0.4, -0.2) is 12.6 Å². The number of anilines is 1. The molecular weight excluding hydrogens is 363 g/mol. The van der Waals surface area contributed by atoms with Crippen LogP contribution >= 0.6 is 22.6 Å². The molecule has 0 aromatic heterocycles. The Bertz CT molecular complexity index is 599. The molecule has 0 fully saturated rings. The number of urea groups is 1. The Labute approximate surface area is 132 Å². The van der Waals surface area contributed by atoms with Crippen molar-refractivity contribution < 1.29 is 4.79 Å². The molecule has 4 heteroatoms. The normalized spacial score (nSPS) is 10.1. The minimum atomic E-state index is -0.165. The number of benzene rings is 2. The predicted molar refractivity (Wildman–Crippen MR) is 91.1 cm³/mol. The van der Waals surface area contributed by atoms with Crippen molar-refractivity contribution in [3.8, 4) is 0 Å². The monoisotopic (exact) mass is 380 g/mol. The van der Waals surface area contributed by atoms with Crippen LogP contribution in [0.25, 0.3) is 0 Å². The molecule has 0 radical (unpaired) electrons. The Hall–Kier alpha value is -1.56. The molecule has 0 unspecified atom stereocenters. The van der Waals surface area contributed by atoms with E-state index in [1.165, 1.54) is 11.1 Å². The number of aryl methyl sites for hydroxylation is 1. The lowest BCUT2D eigenvalue weighted by Crippen LogP contribution is -2.30. The van der Waals surface area contributed by atoms with E-state index in [-0.39, 0.29) is 6.03 Å². The van der Waals surface area contributed by atoms with Gasteiger partial charge in [-0.2, -0.15) is 0 Å². The summed E-state index contributed by atoms with van der Waals surface area (Å²) in [5, 5.41) is 5.72. The number of rotatable bonds is 4. The van der Waals surface area contributed by atoms with E-state index in [1.807, 2.05) is 30.3 Å². The van der Waals surface area contributed by atoms with E-state index in [1.54, 1.807) is 0 Å². The average molecular weight is 380 g/mol. The molecule has 0 aliphatic heterocycles. The lowest BCUT2D eigenvalue weighted by Gasteiger charge is -2.09. The third-order valence-corrected chi connectivity index (χ3v) is 3.84. The van der Waals surface area contributed by atoms with Crippen molar-refractivity contribution in [1.82, 2.24) is 5.32 Å². The Kier molecular flexibility index (Phi) is 5.40. The van der Waals surface area contributed by atoms with Gasteiger partial charge >= 0.3 is 6.03 Å². The van der Waals surface area contributed by atoms with Gasteiger partial charge in [0.15, 0.2) is 0 Å². The van der Waals surface area contributed by atoms with Crippen LogP contribution in [0, 0.1) is 10.5 Å². The first-order valence-corrected chi connectivity index (χ1v) is 7.58. The largest absolute Gasteiger partial charge is 0.338 e. The first-order chi connectivity index (χ1) is 9.65. The van der Waals surface area contributed by atoms with Crippen molar-refractivity contribution in [2.75, 3.05) is 11.9 Å². The highest BCUT2D eigenvalue weighted by molar-refractivity contribution is 14.1. The van der Waals surface area contributed by atoms with Crippen LogP contribution in [0.15, 0.2) is 48.5 Å². The lowest BCUT2D eigenvalue weighted by molar-refractivity contribution is 0.252. The molecule has 3 nitrogen and oxygen atoms in total. The van der Waals surface area contributed by atoms with Crippen molar-refractivity contribution in [2.45, 2.75) is 13.3 Å². The number of carbonyl (C=O) groups is 1. The van der Waals surface area contributed by atoms with Gasteiger partial charge < -0.3 is 10.6 Å². The summed E-state index contributed by atoms with van der Waals surface area (Å²) >= 11 is 2.20. The zero-order chi connectivity index (χ0) is 14.4. The lowest BCUT2D eigenvalue weighted by atomic mass is 10.1. The first kappa shape index (κ1) is 14.8. The van der Waals surface area contributed by atoms with Gasteiger partial charge in [-0.1, -0.05) is 42.0 Å². The maximum absolute atomic E-state index is 11.8. The maximum Gasteiger partial charge on any atom is 0.319 e. The minimum Gasteiger partial charge on any atom is -0.338 e. The van der Waals surface area contributed by atoms with Crippen LogP contribution in [0.2, 0.25) is 0 Å². The molecule has 2 aromatic carbocycles. The highest BCUT2D eigenvalue weighted by Gasteiger charge is 2.03. The summed E-state index contributed by atoms with van der Waals surface area (Å²) in [4.78, 5) is 11.8. The molecular formula is C16H17IN2O. The summed E-state index contributed by atoms with van der Waals surface area (Å²) in [6.45, 7) is 2.69. The molecule has 0 saturated carbocycles. The number of amides is 2. The second-order valence-corrected chi connectivity index (χ2v) is 5.76. The summed E-state index contributed by atoms with van der Waals surface area (Å²) in [7, 11) is 0. The van der Waals surface area contributed by atoms with Crippen LogP contribution in [0.5, 0.6) is 0 Å². The Morgan fingerprint density at radius 1 is 1.15 bits per heavy atom. The Morgan fingerprint density at radius 2 is 1.95 bits per heavy atom. The van der Waals surface area contributed by atoms with Crippen LogP contribution in [0.1, 0.15) is 11.1 Å². The summed E-state index contributed by atoms with van der Waals surface area (Å²) in [6, 6.07) is 15.9. The van der Waals surface area contributed by atoms with E-state index < -0.39 is 0 Å². The standard InChI is InChI=1S/C16H17IN2O/c1-12-5-4-6-13(11-12)9-10-18-16(20)19-15-8-3-2-7-14(15)17/h2-8,11H,9-10H2,1H3,(H2,18,19,20). The number of nitrogens with one attached hydrogen (secondary N) is 2. The summed E-state index contributed by atoms with van der Waals surface area (Å²) < 4.78 is 1.03. The third-order valence-electron chi connectivity index (χ3n) is 2.90. The minimum absolute atomic E-state index is 0.165. The van der Waals surface area contributed by atoms with E-state index >= 15 is 0 Å². The summed E-state index contributed by atoms with van der Waals surface area (Å²) in [5.74, 6) is 0. The van der Waals surface area contributed by atoms with Gasteiger partial charge in [-0.05, 0) is 53.6 Å². The third kappa shape index (κ3) is 4.52. The van der Waals surface area contributed by atoms with E-state index in [0.29, 0.717) is 6.54 Å². The van der Waals surface area contributed by atoms with Crippen molar-refractivity contribution in [3.05, 3.63) is 63.2 Å². The summed E-state index contributed by atoms with van der Waals surface area (Å²) in [5.41, 5.74) is 3.31. The Balaban J connectivity index is 1.80. The second-order valence-electron chi connectivity index (χ2n) is 4.60. The van der Waals surface area contributed by atoms with Crippen LogP contribution in [-0.2, 0) is 6.42 Å². The van der Waals surface area contributed by atoms with Gasteiger partial charge in [0.05, 0.1) is 5.69 Å². The van der Waals surface area contributed by atoms with Gasteiger partial charge in [-0.15, -0.1) is 0 Å². The second kappa shape index (κ2) is 7.28. The molecule has 104 valence electrons. The number of hydrogen-bond acceptors (Lipinski definition) is 1. The van der Waals surface area contributed by atoms with Crippen molar-refractivity contribution in [3.63, 3.8) is 0 Å². The maximum atomic E-state index is 11.8. The number of carbonyl (C=O) groups excluding carboxylic acids is 1. The zero-order valence-corrected chi connectivity index (χ0v) is 13.5. The van der Waals surface area contributed by atoms with E-state index in [9.17, 15) is 4.79 Å². The molecule has 0 heterocycles. The quantitative estimate of drug-likeness (QED) is 0.775. The Morgan fingerprint density at radius 3 is 2.70 bits per heavy atom. The van der Waals surface area contributed by atoms with Crippen molar-refractivity contribution >= 4 is 34.3 Å². The number of hydrogen-bond donors (Lipinski definition) is 2. The first-order valence-electron chi connectivity index (χ1n) is 6.50. The molecule has 20 heavy (non-hydrogen) atoms. The van der Waals surface area contributed by atoms with Gasteiger partial charge in [0.1, 0.15) is 0 Å². The molecule has 0 saturated heterocycles. The van der Waals surface area contributed by atoms with E-state index in [2.05, 4.69) is 58.3 Å². The van der Waals surface area contributed by atoms with Crippen LogP contribution in [0.4, 0.5) is 10.5 Å². The highest BCUT2D eigenvalue weighted by atomic mass is 127. The van der Waals surface area contributed by atoms with Gasteiger partial charge in [0.25, 0.3) is 0 Å². The fourth-order valence-corrected chi connectivity index (χ4v) is 2.44. The molecule has 2 amide bonds. The van der Waals surface area contributed by atoms with Crippen molar-refractivity contribution in [2.24, 2.45) is 0 Å². The molecule has 2 N–H and O–H groups in total. The van der Waals surface area contributed by atoms with E-state index in [4.69, 9.17) is 0 Å².